The van der Waals surface area contributed by atoms with Crippen LogP contribution in [0.5, 0.6) is 0 Å². The van der Waals surface area contributed by atoms with Crippen LogP contribution in [-0.2, 0) is 28.6 Å². The molecule has 402 valence electrons. The van der Waals surface area contributed by atoms with Gasteiger partial charge in [0.1, 0.15) is 13.2 Å². The number of allylic oxidation sites excluding steroid dienone is 2. The van der Waals surface area contributed by atoms with Crippen LogP contribution in [0, 0.1) is 0 Å². The SMILES string of the molecule is CCCCCC/C=C\CCCCCCCC(=O)OC[C@H](COC(=O)CCCCCCCCCCCCCCCCCCCCC)OC(=O)CCCCCCCCCCCCCCCCCCCC. The molecule has 0 N–H and O–H groups in total. The van der Waals surface area contributed by atoms with E-state index in [4.69, 9.17) is 14.2 Å². The van der Waals surface area contributed by atoms with E-state index in [1.165, 1.54) is 244 Å². The lowest BCUT2D eigenvalue weighted by Gasteiger charge is -2.18. The largest absolute Gasteiger partial charge is 0.462 e. The molecule has 0 aliphatic heterocycles. The van der Waals surface area contributed by atoms with Gasteiger partial charge in [0, 0.05) is 19.3 Å². The van der Waals surface area contributed by atoms with E-state index in [1.54, 1.807) is 0 Å². The minimum absolute atomic E-state index is 0.0662. The Morgan fingerprint density at radius 2 is 0.485 bits per heavy atom. The monoisotopic (exact) mass is 959 g/mol. The zero-order valence-electron chi connectivity index (χ0n) is 46.2. The van der Waals surface area contributed by atoms with Crippen LogP contribution in [0.15, 0.2) is 12.2 Å². The summed E-state index contributed by atoms with van der Waals surface area (Å²) >= 11 is 0. The average molecular weight is 960 g/mol. The third-order valence-corrected chi connectivity index (χ3v) is 14.0. The molecule has 0 amide bonds. The van der Waals surface area contributed by atoms with E-state index < -0.39 is 6.10 Å². The molecule has 0 spiro atoms. The van der Waals surface area contributed by atoms with Gasteiger partial charge in [0.2, 0.25) is 0 Å². The van der Waals surface area contributed by atoms with Gasteiger partial charge in [-0.3, -0.25) is 14.4 Å². The Bertz CT molecular complexity index is 1060. The van der Waals surface area contributed by atoms with Gasteiger partial charge in [-0.1, -0.05) is 296 Å². The summed E-state index contributed by atoms with van der Waals surface area (Å²) in [7, 11) is 0. The molecule has 6 nitrogen and oxygen atoms in total. The van der Waals surface area contributed by atoms with Gasteiger partial charge in [0.25, 0.3) is 0 Å². The molecular weight excluding hydrogens is 841 g/mol. The maximum absolute atomic E-state index is 12.9. The van der Waals surface area contributed by atoms with Crippen LogP contribution in [0.25, 0.3) is 0 Å². The Labute approximate surface area is 424 Å². The van der Waals surface area contributed by atoms with Crippen molar-refractivity contribution in [3.05, 3.63) is 12.2 Å². The van der Waals surface area contributed by atoms with Crippen molar-refractivity contribution in [2.45, 2.75) is 354 Å². The standard InChI is InChI=1S/C62H118O6/c1-4-7-10-13-16-19-22-25-27-29-31-33-34-37-40-43-46-49-52-55-61(64)67-58-59(57-66-60(63)54-51-48-45-42-39-36-24-21-18-15-12-9-6-3)68-62(65)56-53-50-47-44-41-38-35-32-30-28-26-23-20-17-14-11-8-5-2/h21,24,59H,4-20,22-23,25-58H2,1-3H3/b24-21-/t59-/m1/s1. The van der Waals surface area contributed by atoms with Crippen LogP contribution >= 0.6 is 0 Å². The lowest BCUT2D eigenvalue weighted by Crippen LogP contribution is -2.30. The molecule has 0 radical (unpaired) electrons. The summed E-state index contributed by atoms with van der Waals surface area (Å²) in [4.78, 5) is 38.2. The van der Waals surface area contributed by atoms with Gasteiger partial charge in [0.15, 0.2) is 6.10 Å². The summed E-state index contributed by atoms with van der Waals surface area (Å²) in [6.07, 6.45) is 66.4. The van der Waals surface area contributed by atoms with E-state index >= 15 is 0 Å². The van der Waals surface area contributed by atoms with Crippen molar-refractivity contribution in [1.29, 1.82) is 0 Å². The van der Waals surface area contributed by atoms with E-state index in [0.29, 0.717) is 19.3 Å². The third-order valence-electron chi connectivity index (χ3n) is 14.0. The highest BCUT2D eigenvalue weighted by Crippen LogP contribution is 2.18. The molecule has 0 unspecified atom stereocenters. The zero-order valence-corrected chi connectivity index (χ0v) is 46.2. The Balaban J connectivity index is 4.28. The van der Waals surface area contributed by atoms with Crippen molar-refractivity contribution in [2.24, 2.45) is 0 Å². The number of esters is 3. The van der Waals surface area contributed by atoms with Crippen LogP contribution in [0.1, 0.15) is 348 Å². The van der Waals surface area contributed by atoms with Crippen molar-refractivity contribution >= 4 is 17.9 Å². The van der Waals surface area contributed by atoms with Crippen molar-refractivity contribution in [3.63, 3.8) is 0 Å². The van der Waals surface area contributed by atoms with Gasteiger partial charge in [-0.15, -0.1) is 0 Å². The molecule has 0 aliphatic carbocycles. The molecule has 0 rings (SSSR count). The molecule has 0 saturated carbocycles. The minimum atomic E-state index is -0.768. The summed E-state index contributed by atoms with van der Waals surface area (Å²) in [5, 5.41) is 0. The number of carbonyl (C=O) groups excluding carboxylic acids is 3. The highest BCUT2D eigenvalue weighted by Gasteiger charge is 2.19. The summed E-state index contributed by atoms with van der Waals surface area (Å²) in [6.45, 7) is 6.69. The van der Waals surface area contributed by atoms with Crippen molar-refractivity contribution in [3.8, 4) is 0 Å². The Kier molecular flexibility index (Phi) is 56.2. The second-order valence-corrected chi connectivity index (χ2v) is 21.0. The highest BCUT2D eigenvalue weighted by molar-refractivity contribution is 5.71. The van der Waals surface area contributed by atoms with Crippen LogP contribution in [0.2, 0.25) is 0 Å². The molecule has 0 bridgehead atoms. The van der Waals surface area contributed by atoms with Gasteiger partial charge in [0.05, 0.1) is 0 Å². The van der Waals surface area contributed by atoms with Gasteiger partial charge >= 0.3 is 17.9 Å². The van der Waals surface area contributed by atoms with E-state index in [9.17, 15) is 14.4 Å². The molecule has 68 heavy (non-hydrogen) atoms. The number of ether oxygens (including phenoxy) is 3. The van der Waals surface area contributed by atoms with Crippen LogP contribution in [0.4, 0.5) is 0 Å². The van der Waals surface area contributed by atoms with E-state index in [1.807, 2.05) is 0 Å². The summed E-state index contributed by atoms with van der Waals surface area (Å²) in [5.41, 5.74) is 0. The second kappa shape index (κ2) is 57.7. The fourth-order valence-electron chi connectivity index (χ4n) is 9.38. The van der Waals surface area contributed by atoms with E-state index in [-0.39, 0.29) is 31.1 Å². The van der Waals surface area contributed by atoms with Crippen molar-refractivity contribution in [1.82, 2.24) is 0 Å². The van der Waals surface area contributed by atoms with Gasteiger partial charge in [-0.2, -0.15) is 0 Å². The molecular formula is C62H118O6. The predicted octanol–water partition coefficient (Wildman–Crippen LogP) is 20.5. The molecule has 0 aliphatic rings. The van der Waals surface area contributed by atoms with Crippen molar-refractivity contribution in [2.75, 3.05) is 13.2 Å². The first-order valence-electron chi connectivity index (χ1n) is 30.7. The Morgan fingerprint density at radius 3 is 0.750 bits per heavy atom. The first kappa shape index (κ1) is 66.2. The van der Waals surface area contributed by atoms with Crippen molar-refractivity contribution < 1.29 is 28.6 Å². The fourth-order valence-corrected chi connectivity index (χ4v) is 9.38. The first-order chi connectivity index (χ1) is 33.5. The number of rotatable bonds is 57. The van der Waals surface area contributed by atoms with Crippen LogP contribution in [-0.4, -0.2) is 37.2 Å². The van der Waals surface area contributed by atoms with Gasteiger partial charge in [-0.25, -0.2) is 0 Å². The molecule has 0 fully saturated rings. The topological polar surface area (TPSA) is 78.9 Å². The summed E-state index contributed by atoms with van der Waals surface area (Å²) in [6, 6.07) is 0. The average Bonchev–Trinajstić information content (AvgIpc) is 3.34. The lowest BCUT2D eigenvalue weighted by molar-refractivity contribution is -0.167. The zero-order chi connectivity index (χ0) is 49.3. The van der Waals surface area contributed by atoms with Gasteiger partial charge < -0.3 is 14.2 Å². The normalized spacial score (nSPS) is 12.0. The number of hydrogen-bond acceptors (Lipinski definition) is 6. The molecule has 1 atom stereocenters. The second-order valence-electron chi connectivity index (χ2n) is 21.0. The fraction of sp³-hybridized carbons (Fsp3) is 0.919. The molecule has 0 saturated heterocycles. The smallest absolute Gasteiger partial charge is 0.306 e. The molecule has 0 aromatic carbocycles. The Hall–Kier alpha value is -1.85. The number of carbonyl (C=O) groups is 3. The van der Waals surface area contributed by atoms with Crippen LogP contribution in [0.3, 0.4) is 0 Å². The van der Waals surface area contributed by atoms with Gasteiger partial charge in [-0.05, 0) is 44.9 Å². The number of unbranched alkanes of at least 4 members (excludes halogenated alkanes) is 44. The Morgan fingerprint density at radius 1 is 0.279 bits per heavy atom. The summed E-state index contributed by atoms with van der Waals surface area (Å²) < 4.78 is 16.9. The highest BCUT2D eigenvalue weighted by atomic mass is 16.6. The molecule has 6 heteroatoms. The third kappa shape index (κ3) is 55.1. The van der Waals surface area contributed by atoms with E-state index in [0.717, 1.165) is 64.2 Å². The van der Waals surface area contributed by atoms with E-state index in [2.05, 4.69) is 32.9 Å². The maximum Gasteiger partial charge on any atom is 0.306 e. The lowest BCUT2D eigenvalue weighted by atomic mass is 10.0. The maximum atomic E-state index is 12.9. The van der Waals surface area contributed by atoms with Crippen LogP contribution < -0.4 is 0 Å². The molecule has 0 aromatic heterocycles. The first-order valence-corrected chi connectivity index (χ1v) is 30.7. The molecule has 0 heterocycles. The minimum Gasteiger partial charge on any atom is -0.462 e. The molecule has 0 aromatic rings. The number of hydrogen-bond donors (Lipinski definition) is 0. The predicted molar refractivity (Wildman–Crippen MR) is 293 cm³/mol. The quantitative estimate of drug-likeness (QED) is 0.0262. The summed E-state index contributed by atoms with van der Waals surface area (Å²) in [5.74, 6) is -0.847.